The average Bonchev–Trinajstić information content (AvgIpc) is 2.81. The number of nitrogens with two attached hydrogens (primary N) is 1. The summed E-state index contributed by atoms with van der Waals surface area (Å²) in [4.78, 5) is 12.9. The van der Waals surface area contributed by atoms with Gasteiger partial charge in [0, 0.05) is 31.6 Å². The van der Waals surface area contributed by atoms with Crippen molar-refractivity contribution in [1.29, 1.82) is 0 Å². The monoisotopic (exact) mass is 250 g/mol. The van der Waals surface area contributed by atoms with Gasteiger partial charge in [0.05, 0.1) is 11.7 Å². The van der Waals surface area contributed by atoms with Crippen LogP contribution in [-0.4, -0.2) is 37.4 Å². The van der Waals surface area contributed by atoms with E-state index in [2.05, 4.69) is 0 Å². The zero-order valence-corrected chi connectivity index (χ0v) is 10.4. The van der Waals surface area contributed by atoms with Crippen molar-refractivity contribution in [2.45, 2.75) is 18.9 Å². The molecule has 18 heavy (non-hydrogen) atoms. The molecule has 3 N–H and O–H groups in total. The minimum absolute atomic E-state index is 0.143. The number of hydrogen-bond acceptors (Lipinski definition) is 4. The first-order valence-corrected chi connectivity index (χ1v) is 6.03. The summed E-state index contributed by atoms with van der Waals surface area (Å²) in [5, 5.41) is 8.91. The van der Waals surface area contributed by atoms with Gasteiger partial charge in [-0.3, -0.25) is 0 Å². The molecule has 0 aliphatic carbocycles. The van der Waals surface area contributed by atoms with Crippen LogP contribution in [0.2, 0.25) is 0 Å². The van der Waals surface area contributed by atoms with Crippen molar-refractivity contribution in [1.82, 2.24) is 0 Å². The fraction of sp³-hybridized carbons (Fsp3) is 0.462. The van der Waals surface area contributed by atoms with Gasteiger partial charge >= 0.3 is 5.97 Å². The summed E-state index contributed by atoms with van der Waals surface area (Å²) in [5.41, 5.74) is 7.07. The average molecular weight is 250 g/mol. The van der Waals surface area contributed by atoms with Crippen LogP contribution in [0, 0.1) is 0 Å². The first-order chi connectivity index (χ1) is 8.58. The number of nitrogens with zero attached hydrogens (tertiary/aromatic N) is 1. The Bertz CT molecular complexity index is 442. The highest BCUT2D eigenvalue weighted by Gasteiger charge is 2.18. The summed E-state index contributed by atoms with van der Waals surface area (Å²) in [6.07, 6.45) is 2.45. The Hall–Kier alpha value is -1.75. The van der Waals surface area contributed by atoms with Gasteiger partial charge in [-0.05, 0) is 31.0 Å². The molecule has 1 aliphatic heterocycles. The van der Waals surface area contributed by atoms with Gasteiger partial charge in [0.2, 0.25) is 0 Å². The minimum Gasteiger partial charge on any atom is -0.478 e. The molecule has 1 heterocycles. The van der Waals surface area contributed by atoms with E-state index in [1.54, 1.807) is 18.2 Å². The third kappa shape index (κ3) is 2.73. The summed E-state index contributed by atoms with van der Waals surface area (Å²) in [5.74, 6) is -0.999. The zero-order valence-electron chi connectivity index (χ0n) is 10.4. The van der Waals surface area contributed by atoms with Crippen LogP contribution < -0.4 is 10.6 Å². The van der Waals surface area contributed by atoms with Crippen molar-refractivity contribution in [3.05, 3.63) is 23.8 Å². The molecule has 1 fully saturated rings. The van der Waals surface area contributed by atoms with Crippen LogP contribution in [0.1, 0.15) is 23.2 Å². The van der Waals surface area contributed by atoms with E-state index in [1.807, 2.05) is 11.9 Å². The molecule has 0 bridgehead atoms. The van der Waals surface area contributed by atoms with Crippen LogP contribution in [0.5, 0.6) is 0 Å². The highest BCUT2D eigenvalue weighted by atomic mass is 16.5. The van der Waals surface area contributed by atoms with E-state index in [1.165, 1.54) is 0 Å². The first kappa shape index (κ1) is 12.7. The predicted molar refractivity (Wildman–Crippen MR) is 70.1 cm³/mol. The fourth-order valence-electron chi connectivity index (χ4n) is 2.18. The van der Waals surface area contributed by atoms with Gasteiger partial charge in [-0.15, -0.1) is 0 Å². The molecule has 0 radical (unpaired) electrons. The van der Waals surface area contributed by atoms with Crippen molar-refractivity contribution < 1.29 is 14.6 Å². The lowest BCUT2D eigenvalue weighted by molar-refractivity contribution is 0.0698. The summed E-state index contributed by atoms with van der Waals surface area (Å²) in [6, 6.07) is 5.01. The Kier molecular flexibility index (Phi) is 3.72. The lowest BCUT2D eigenvalue weighted by atomic mass is 10.1. The van der Waals surface area contributed by atoms with Crippen LogP contribution in [0.25, 0.3) is 0 Å². The SMILES string of the molecule is CN(CC1CCCO1)c1ccc(C(=O)O)c(N)c1. The normalized spacial score (nSPS) is 18.8. The number of nitrogen functional groups attached to an aromatic ring is 1. The highest BCUT2D eigenvalue weighted by Crippen LogP contribution is 2.22. The van der Waals surface area contributed by atoms with Crippen LogP contribution >= 0.6 is 0 Å². The predicted octanol–water partition coefficient (Wildman–Crippen LogP) is 1.58. The summed E-state index contributed by atoms with van der Waals surface area (Å²) in [6.45, 7) is 1.63. The topological polar surface area (TPSA) is 75.8 Å². The smallest absolute Gasteiger partial charge is 0.337 e. The van der Waals surface area contributed by atoms with Crippen molar-refractivity contribution in [3.63, 3.8) is 0 Å². The van der Waals surface area contributed by atoms with Gasteiger partial charge in [-0.25, -0.2) is 4.79 Å². The van der Waals surface area contributed by atoms with E-state index in [-0.39, 0.29) is 11.7 Å². The summed E-state index contributed by atoms with van der Waals surface area (Å²) in [7, 11) is 1.96. The highest BCUT2D eigenvalue weighted by molar-refractivity contribution is 5.94. The Morgan fingerprint density at radius 2 is 2.39 bits per heavy atom. The van der Waals surface area contributed by atoms with Crippen molar-refractivity contribution in [2.75, 3.05) is 30.8 Å². The van der Waals surface area contributed by atoms with E-state index in [4.69, 9.17) is 15.6 Å². The first-order valence-electron chi connectivity index (χ1n) is 6.03. The molecule has 0 spiro atoms. The van der Waals surface area contributed by atoms with Gasteiger partial charge in [0.15, 0.2) is 0 Å². The quantitative estimate of drug-likeness (QED) is 0.793. The second-order valence-electron chi connectivity index (χ2n) is 4.59. The summed E-state index contributed by atoms with van der Waals surface area (Å²) >= 11 is 0. The largest absolute Gasteiger partial charge is 0.478 e. The molecule has 1 aromatic rings. The Labute approximate surface area is 106 Å². The number of hydrogen-bond donors (Lipinski definition) is 2. The number of anilines is 2. The minimum atomic E-state index is -0.999. The molecule has 0 aromatic heterocycles. The number of rotatable bonds is 4. The number of aromatic carboxylic acids is 1. The van der Waals surface area contributed by atoms with Crippen molar-refractivity contribution >= 4 is 17.3 Å². The van der Waals surface area contributed by atoms with Gasteiger partial charge in [-0.1, -0.05) is 0 Å². The van der Waals surface area contributed by atoms with Crippen LogP contribution in [-0.2, 0) is 4.74 Å². The molecule has 5 nitrogen and oxygen atoms in total. The van der Waals surface area contributed by atoms with Gasteiger partial charge < -0.3 is 20.5 Å². The maximum atomic E-state index is 10.9. The van der Waals surface area contributed by atoms with E-state index in [9.17, 15) is 4.79 Å². The molecule has 0 amide bonds. The fourth-order valence-corrected chi connectivity index (χ4v) is 2.18. The lowest BCUT2D eigenvalue weighted by Gasteiger charge is -2.23. The molecular formula is C13H18N2O3. The standard InChI is InChI=1S/C13H18N2O3/c1-15(8-10-3-2-6-18-10)9-4-5-11(13(16)17)12(14)7-9/h4-5,7,10H,2-3,6,8,14H2,1H3,(H,16,17). The summed E-state index contributed by atoms with van der Waals surface area (Å²) < 4.78 is 5.57. The molecule has 1 atom stereocenters. The van der Waals surface area contributed by atoms with E-state index in [0.29, 0.717) is 5.69 Å². The molecule has 98 valence electrons. The Balaban J connectivity index is 2.08. The van der Waals surface area contributed by atoms with Gasteiger partial charge in [0.25, 0.3) is 0 Å². The molecular weight excluding hydrogens is 232 g/mol. The molecule has 1 aromatic carbocycles. The van der Waals surface area contributed by atoms with E-state index >= 15 is 0 Å². The second kappa shape index (κ2) is 5.27. The maximum Gasteiger partial charge on any atom is 0.337 e. The Morgan fingerprint density at radius 1 is 1.61 bits per heavy atom. The third-order valence-electron chi connectivity index (χ3n) is 3.21. The number of carboxylic acid groups (broad SMARTS) is 1. The third-order valence-corrected chi connectivity index (χ3v) is 3.21. The van der Waals surface area contributed by atoms with Crippen LogP contribution in [0.3, 0.4) is 0 Å². The molecule has 1 saturated heterocycles. The number of ether oxygens (including phenoxy) is 1. The van der Waals surface area contributed by atoms with E-state index in [0.717, 1.165) is 31.7 Å². The molecule has 1 unspecified atom stereocenters. The van der Waals surface area contributed by atoms with E-state index < -0.39 is 5.97 Å². The van der Waals surface area contributed by atoms with Gasteiger partial charge in [0.1, 0.15) is 0 Å². The Morgan fingerprint density at radius 3 is 2.94 bits per heavy atom. The lowest BCUT2D eigenvalue weighted by Crippen LogP contribution is -2.28. The van der Waals surface area contributed by atoms with Gasteiger partial charge in [-0.2, -0.15) is 0 Å². The molecule has 0 saturated carbocycles. The van der Waals surface area contributed by atoms with Crippen molar-refractivity contribution in [3.8, 4) is 0 Å². The van der Waals surface area contributed by atoms with Crippen LogP contribution in [0.15, 0.2) is 18.2 Å². The number of carbonyl (C=O) groups is 1. The molecule has 5 heteroatoms. The number of carboxylic acids is 1. The van der Waals surface area contributed by atoms with Crippen LogP contribution in [0.4, 0.5) is 11.4 Å². The number of benzene rings is 1. The second-order valence-corrected chi connectivity index (χ2v) is 4.59. The molecule has 1 aliphatic rings. The maximum absolute atomic E-state index is 10.9. The number of likely N-dealkylation sites (N-methyl/N-ethyl adjacent to an activating group) is 1. The zero-order chi connectivity index (χ0) is 13.1. The van der Waals surface area contributed by atoms with Crippen molar-refractivity contribution in [2.24, 2.45) is 0 Å². The molecule has 2 rings (SSSR count).